The molecule has 1 aromatic carbocycles. The lowest BCUT2D eigenvalue weighted by Gasteiger charge is -2.39. The van der Waals surface area contributed by atoms with E-state index in [0.717, 1.165) is 16.7 Å². The predicted molar refractivity (Wildman–Crippen MR) is 74.5 cm³/mol. The molecule has 2 heterocycles. The zero-order valence-electron chi connectivity index (χ0n) is 10.7. The summed E-state index contributed by atoms with van der Waals surface area (Å²) in [7, 11) is 1.41. The van der Waals surface area contributed by atoms with Crippen LogP contribution in [0.25, 0.3) is 0 Å². The normalized spacial score (nSPS) is 17.0. The predicted octanol–water partition coefficient (Wildman–Crippen LogP) is 0.275. The molecule has 1 saturated heterocycles. The van der Waals surface area contributed by atoms with Crippen molar-refractivity contribution in [2.45, 2.75) is 12.6 Å². The minimum absolute atomic E-state index is 0.258. The third-order valence-electron chi connectivity index (χ3n) is 3.46. The van der Waals surface area contributed by atoms with Gasteiger partial charge in [-0.3, -0.25) is 4.99 Å². The van der Waals surface area contributed by atoms with Crippen LogP contribution < -0.4 is 9.74 Å². The Morgan fingerprint density at radius 3 is 3.05 bits per heavy atom. The number of aliphatic imine (C=N–C) groups is 1. The lowest BCUT2D eigenvalue weighted by Crippen LogP contribution is -2.57. The third kappa shape index (κ3) is 2.34. The molecule has 2 aliphatic heterocycles. The first-order valence-electron chi connectivity index (χ1n) is 6.19. The van der Waals surface area contributed by atoms with Gasteiger partial charge in [0.1, 0.15) is 0 Å². The maximum atomic E-state index is 11.3. The third-order valence-corrected chi connectivity index (χ3v) is 3.79. The fourth-order valence-corrected chi connectivity index (χ4v) is 2.79. The van der Waals surface area contributed by atoms with Crippen LogP contribution >= 0.6 is 0 Å². The quantitative estimate of drug-likeness (QED) is 0.786. The Balaban J connectivity index is 1.68. The van der Waals surface area contributed by atoms with Crippen molar-refractivity contribution in [1.29, 1.82) is 0 Å². The van der Waals surface area contributed by atoms with Crippen molar-refractivity contribution in [3.05, 3.63) is 23.3 Å². The van der Waals surface area contributed by atoms with Crippen molar-refractivity contribution in [3.63, 3.8) is 0 Å². The Morgan fingerprint density at radius 2 is 2.32 bits per heavy atom. The van der Waals surface area contributed by atoms with Gasteiger partial charge in [-0.1, -0.05) is 12.1 Å². The first-order chi connectivity index (χ1) is 9.17. The molecule has 2 aliphatic rings. The monoisotopic (exact) mass is 271 g/mol. The summed E-state index contributed by atoms with van der Waals surface area (Å²) in [6.07, 6.45) is 1.65. The Bertz CT molecular complexity index is 553. The Hall–Kier alpha value is -1.51. The SMILES string of the molecule is COC(=O)N1CC(Nc2c[c]([Al])cc3c2CN=C3)C1. The van der Waals surface area contributed by atoms with E-state index < -0.39 is 0 Å². The van der Waals surface area contributed by atoms with E-state index in [9.17, 15) is 4.79 Å². The van der Waals surface area contributed by atoms with Gasteiger partial charge in [0, 0.05) is 30.6 Å². The van der Waals surface area contributed by atoms with Crippen molar-refractivity contribution >= 4 is 38.7 Å². The number of carbonyl (C=O) groups excluding carboxylic acids is 1. The highest BCUT2D eigenvalue weighted by Crippen LogP contribution is 2.25. The molecule has 1 aromatic rings. The van der Waals surface area contributed by atoms with Gasteiger partial charge in [-0.05, 0) is 5.56 Å². The maximum Gasteiger partial charge on any atom is 0.409 e. The zero-order valence-corrected chi connectivity index (χ0v) is 11.9. The summed E-state index contributed by atoms with van der Waals surface area (Å²) in [5, 5.41) is 3.49. The van der Waals surface area contributed by atoms with Gasteiger partial charge in [-0.2, -0.15) is 0 Å². The van der Waals surface area contributed by atoms with Crippen molar-refractivity contribution < 1.29 is 9.53 Å². The lowest BCUT2D eigenvalue weighted by molar-refractivity contribution is 0.0930. The fraction of sp³-hybridized carbons (Fsp3) is 0.385. The van der Waals surface area contributed by atoms with Crippen molar-refractivity contribution in [1.82, 2.24) is 4.90 Å². The second kappa shape index (κ2) is 4.88. The van der Waals surface area contributed by atoms with Crippen LogP contribution in [0.3, 0.4) is 0 Å². The molecule has 0 aliphatic carbocycles. The number of carbonyl (C=O) groups is 1. The standard InChI is InChI=1S/C13H14N3O2.Al/c1-18-13(17)16-7-10(8-16)15-12-4-2-3-9-5-14-6-11(9)12;/h3-5,10,15H,6-8H2,1H3;. The summed E-state index contributed by atoms with van der Waals surface area (Å²) < 4.78 is 5.82. The summed E-state index contributed by atoms with van der Waals surface area (Å²) in [5.41, 5.74) is 3.54. The van der Waals surface area contributed by atoms with E-state index >= 15 is 0 Å². The molecule has 3 rings (SSSR count). The highest BCUT2D eigenvalue weighted by Gasteiger charge is 2.31. The molecule has 1 fully saturated rings. The van der Waals surface area contributed by atoms with Crippen molar-refractivity contribution in [2.24, 2.45) is 4.99 Å². The van der Waals surface area contributed by atoms with Gasteiger partial charge >= 0.3 is 6.09 Å². The van der Waals surface area contributed by atoms with Crippen molar-refractivity contribution in [2.75, 3.05) is 25.5 Å². The van der Waals surface area contributed by atoms with Gasteiger partial charge in [0.15, 0.2) is 16.3 Å². The number of ether oxygens (including phenoxy) is 1. The molecule has 1 amide bonds. The summed E-state index contributed by atoms with van der Waals surface area (Å²) in [4.78, 5) is 17.3. The molecule has 0 atom stereocenters. The zero-order chi connectivity index (χ0) is 13.4. The van der Waals surface area contributed by atoms with Crippen LogP contribution in [0.1, 0.15) is 11.1 Å². The Kier molecular flexibility index (Phi) is 3.21. The average molecular weight is 271 g/mol. The molecule has 0 saturated carbocycles. The number of rotatable bonds is 2. The van der Waals surface area contributed by atoms with E-state index in [1.807, 2.05) is 6.21 Å². The van der Waals surface area contributed by atoms with Gasteiger partial charge in [0.25, 0.3) is 0 Å². The van der Waals surface area contributed by atoms with Gasteiger partial charge < -0.3 is 15.0 Å². The summed E-state index contributed by atoms with van der Waals surface area (Å²) >= 11 is 2.72. The highest BCUT2D eigenvalue weighted by molar-refractivity contribution is 6.33. The Morgan fingerprint density at radius 1 is 1.53 bits per heavy atom. The number of anilines is 1. The molecule has 5 nitrogen and oxygen atoms in total. The number of likely N-dealkylation sites (tertiary alicyclic amines) is 1. The fourth-order valence-electron chi connectivity index (χ4n) is 2.44. The van der Waals surface area contributed by atoms with Gasteiger partial charge in [-0.15, -0.1) is 4.43 Å². The number of hydrogen-bond donors (Lipinski definition) is 1. The number of methoxy groups -OCH3 is 1. The number of hydrogen-bond acceptors (Lipinski definition) is 4. The molecule has 96 valence electrons. The number of nitrogens with zero attached hydrogens (tertiary/aromatic N) is 2. The molecule has 0 spiro atoms. The van der Waals surface area contributed by atoms with Crippen LogP contribution in [0.4, 0.5) is 10.5 Å². The van der Waals surface area contributed by atoms with Gasteiger partial charge in [0.2, 0.25) is 0 Å². The van der Waals surface area contributed by atoms with E-state index in [2.05, 4.69) is 43.5 Å². The number of benzene rings is 1. The summed E-state index contributed by atoms with van der Waals surface area (Å²) in [6, 6.07) is 4.51. The van der Waals surface area contributed by atoms with Gasteiger partial charge in [-0.25, -0.2) is 4.79 Å². The summed E-state index contributed by atoms with van der Waals surface area (Å²) in [6.45, 7) is 2.10. The van der Waals surface area contributed by atoms with Crippen LogP contribution in [-0.2, 0) is 11.3 Å². The molecule has 2 radical (unpaired) electrons. The number of nitrogens with one attached hydrogen (secondary N) is 1. The summed E-state index contributed by atoms with van der Waals surface area (Å²) in [5.74, 6) is 0. The van der Waals surface area contributed by atoms with Crippen LogP contribution in [0, 0.1) is 0 Å². The van der Waals surface area contributed by atoms with E-state index in [1.54, 1.807) is 4.90 Å². The first-order valence-corrected chi connectivity index (χ1v) is 6.77. The molecular weight excluding hydrogens is 257 g/mol. The van der Waals surface area contributed by atoms with Crippen LogP contribution in [0.5, 0.6) is 0 Å². The molecule has 19 heavy (non-hydrogen) atoms. The first kappa shape index (κ1) is 12.5. The minimum Gasteiger partial charge on any atom is -0.453 e. The Labute approximate surface area is 120 Å². The van der Waals surface area contributed by atoms with E-state index in [1.165, 1.54) is 18.2 Å². The molecule has 1 N–H and O–H groups in total. The van der Waals surface area contributed by atoms with Gasteiger partial charge in [0.05, 0.1) is 19.7 Å². The second-order valence-corrected chi connectivity index (χ2v) is 5.49. The molecule has 0 bridgehead atoms. The smallest absolute Gasteiger partial charge is 0.409 e. The minimum atomic E-state index is -0.258. The van der Waals surface area contributed by atoms with E-state index in [4.69, 9.17) is 0 Å². The largest absolute Gasteiger partial charge is 0.453 e. The van der Waals surface area contributed by atoms with Crippen LogP contribution in [0.15, 0.2) is 17.1 Å². The second-order valence-electron chi connectivity index (χ2n) is 4.82. The van der Waals surface area contributed by atoms with Crippen LogP contribution in [-0.4, -0.2) is 59.7 Å². The molecule has 6 heteroatoms. The van der Waals surface area contributed by atoms with Crippen molar-refractivity contribution in [3.8, 4) is 0 Å². The number of fused-ring (bicyclic) bond motifs is 1. The average Bonchev–Trinajstić information content (AvgIpc) is 2.80. The number of amides is 1. The maximum absolute atomic E-state index is 11.3. The topological polar surface area (TPSA) is 53.9 Å². The van der Waals surface area contributed by atoms with Crippen LogP contribution in [0.2, 0.25) is 0 Å². The molecule has 0 unspecified atom stereocenters. The van der Waals surface area contributed by atoms with E-state index in [0.29, 0.717) is 13.1 Å². The highest BCUT2D eigenvalue weighted by atomic mass is 27.0. The lowest BCUT2D eigenvalue weighted by atomic mass is 10.0. The molecular formula is C13H14AlN3O2. The molecule has 0 aromatic heterocycles. The van der Waals surface area contributed by atoms with E-state index in [-0.39, 0.29) is 12.1 Å².